The van der Waals surface area contributed by atoms with Crippen molar-refractivity contribution in [2.24, 2.45) is 5.92 Å². The fourth-order valence-corrected chi connectivity index (χ4v) is 3.20. The predicted molar refractivity (Wildman–Crippen MR) is 96.8 cm³/mol. The summed E-state index contributed by atoms with van der Waals surface area (Å²) in [5.74, 6) is -1.22. The number of ether oxygens (including phenoxy) is 3. The molecule has 10 heteroatoms. The van der Waals surface area contributed by atoms with Crippen LogP contribution in [0.3, 0.4) is 0 Å². The fraction of sp³-hybridized carbons (Fsp3) is 0.667. The van der Waals surface area contributed by atoms with Crippen molar-refractivity contribution in [2.75, 3.05) is 20.3 Å². The van der Waals surface area contributed by atoms with Gasteiger partial charge in [-0.2, -0.15) is 0 Å². The second-order valence-corrected chi connectivity index (χ2v) is 6.83. The zero-order valence-corrected chi connectivity index (χ0v) is 16.2. The van der Waals surface area contributed by atoms with E-state index in [1.165, 1.54) is 24.8 Å². The second kappa shape index (κ2) is 9.76. The first kappa shape index (κ1) is 22.0. The van der Waals surface area contributed by atoms with E-state index in [2.05, 4.69) is 4.98 Å². The third-order valence-electron chi connectivity index (χ3n) is 4.67. The van der Waals surface area contributed by atoms with Gasteiger partial charge in [-0.25, -0.2) is 4.79 Å². The van der Waals surface area contributed by atoms with Gasteiger partial charge in [0.05, 0.1) is 13.0 Å². The maximum absolute atomic E-state index is 12.3. The van der Waals surface area contributed by atoms with E-state index in [1.807, 2.05) is 0 Å². The molecular formula is C18H26N2O8. The third-order valence-corrected chi connectivity index (χ3v) is 4.67. The third kappa shape index (κ3) is 5.15. The molecule has 1 fully saturated rings. The van der Waals surface area contributed by atoms with E-state index in [9.17, 15) is 24.3 Å². The minimum absolute atomic E-state index is 0.0565. The number of nitrogens with zero attached hydrogens (tertiary/aromatic N) is 1. The monoisotopic (exact) mass is 398 g/mol. The number of aromatic nitrogens is 2. The molecule has 0 amide bonds. The van der Waals surface area contributed by atoms with Crippen LogP contribution in [0.25, 0.3) is 0 Å². The van der Waals surface area contributed by atoms with Gasteiger partial charge in [-0.1, -0.05) is 0 Å². The van der Waals surface area contributed by atoms with Gasteiger partial charge in [0.15, 0.2) is 0 Å². The van der Waals surface area contributed by atoms with E-state index >= 15 is 0 Å². The van der Waals surface area contributed by atoms with Crippen LogP contribution < -0.4 is 11.2 Å². The van der Waals surface area contributed by atoms with Crippen LogP contribution >= 0.6 is 0 Å². The van der Waals surface area contributed by atoms with Crippen LogP contribution in [0.2, 0.25) is 0 Å². The van der Waals surface area contributed by atoms with Gasteiger partial charge in [0.1, 0.15) is 24.2 Å². The molecule has 0 bridgehead atoms. The summed E-state index contributed by atoms with van der Waals surface area (Å²) in [6, 6.07) is 0. The van der Waals surface area contributed by atoms with Gasteiger partial charge in [0.25, 0.3) is 5.56 Å². The number of aliphatic hydroxyl groups is 1. The Labute approximate surface area is 161 Å². The van der Waals surface area contributed by atoms with Gasteiger partial charge < -0.3 is 24.1 Å². The van der Waals surface area contributed by atoms with Crippen LogP contribution in [0.15, 0.2) is 15.8 Å². The normalized spacial score (nSPS) is 24.3. The summed E-state index contributed by atoms with van der Waals surface area (Å²) in [6.07, 6.45) is -0.811. The molecule has 0 spiro atoms. The van der Waals surface area contributed by atoms with Gasteiger partial charge in [-0.15, -0.1) is 0 Å². The SMILES string of the molecule is COCC[C@@H]1[C@H](OC(=O)CCC(C)=O)[C@@H](CO)O[C@H]1n1cc(C)c(=O)[nH]c1=O. The number of nitrogens with one attached hydrogen (secondary N) is 1. The minimum atomic E-state index is -0.860. The van der Waals surface area contributed by atoms with Gasteiger partial charge in [0.2, 0.25) is 0 Å². The number of carbonyl (C=O) groups is 2. The molecule has 2 heterocycles. The Kier molecular flexibility index (Phi) is 7.67. The number of hydrogen-bond acceptors (Lipinski definition) is 8. The van der Waals surface area contributed by atoms with Crippen LogP contribution in [0.1, 0.15) is 38.0 Å². The van der Waals surface area contributed by atoms with Gasteiger partial charge in [-0.3, -0.25) is 19.1 Å². The molecule has 28 heavy (non-hydrogen) atoms. The summed E-state index contributed by atoms with van der Waals surface area (Å²) < 4.78 is 17.7. The second-order valence-electron chi connectivity index (χ2n) is 6.83. The molecule has 0 unspecified atom stereocenters. The maximum Gasteiger partial charge on any atom is 0.330 e. The number of H-pyrrole nitrogens is 1. The van der Waals surface area contributed by atoms with E-state index in [-0.39, 0.29) is 18.6 Å². The molecule has 10 nitrogen and oxygen atoms in total. The first-order valence-electron chi connectivity index (χ1n) is 9.04. The number of Topliss-reactive ketones (excluding diaryl/α,β-unsaturated/α-hetero) is 1. The standard InChI is InChI=1S/C18H26N2O8/c1-10-8-20(18(25)19-16(10)24)17-12(6-7-26-3)15(13(9-21)27-17)28-14(23)5-4-11(2)22/h8,12-13,15,17,21H,4-7,9H2,1-3H3,(H,19,24,25)/t12-,13-,15+,17-/m1/s1. The molecule has 1 aliphatic rings. The molecule has 0 radical (unpaired) electrons. The first-order valence-corrected chi connectivity index (χ1v) is 9.04. The molecular weight excluding hydrogens is 372 g/mol. The number of rotatable bonds is 9. The maximum atomic E-state index is 12.3. The van der Waals surface area contributed by atoms with E-state index < -0.39 is 48.2 Å². The Morgan fingerprint density at radius 3 is 2.64 bits per heavy atom. The van der Waals surface area contributed by atoms with Crippen LogP contribution in [-0.2, 0) is 23.8 Å². The molecule has 1 saturated heterocycles. The summed E-state index contributed by atoms with van der Waals surface area (Å²) in [6.45, 7) is 2.81. The minimum Gasteiger partial charge on any atom is -0.459 e. The molecule has 0 aliphatic carbocycles. The summed E-state index contributed by atoms with van der Waals surface area (Å²) in [5, 5.41) is 9.70. The zero-order chi connectivity index (χ0) is 20.8. The molecule has 156 valence electrons. The summed E-state index contributed by atoms with van der Waals surface area (Å²) in [5.41, 5.74) is -0.849. The van der Waals surface area contributed by atoms with Crippen molar-refractivity contribution in [3.05, 3.63) is 32.6 Å². The quantitative estimate of drug-likeness (QED) is 0.540. The number of aryl methyl sites for hydroxylation is 1. The number of ketones is 1. The van der Waals surface area contributed by atoms with Gasteiger partial charge in [-0.05, 0) is 20.3 Å². The highest BCUT2D eigenvalue weighted by molar-refractivity contribution is 5.81. The summed E-state index contributed by atoms with van der Waals surface area (Å²) in [7, 11) is 1.51. The Morgan fingerprint density at radius 1 is 1.32 bits per heavy atom. The molecule has 1 aromatic rings. The average Bonchev–Trinajstić information content (AvgIpc) is 2.98. The molecule has 1 aromatic heterocycles. The van der Waals surface area contributed by atoms with Crippen molar-refractivity contribution in [3.8, 4) is 0 Å². The summed E-state index contributed by atoms with van der Waals surface area (Å²) in [4.78, 5) is 49.4. The lowest BCUT2D eigenvalue weighted by atomic mass is 9.96. The fourth-order valence-electron chi connectivity index (χ4n) is 3.20. The van der Waals surface area contributed by atoms with Crippen LogP contribution in [0.5, 0.6) is 0 Å². The Morgan fingerprint density at radius 2 is 2.04 bits per heavy atom. The average molecular weight is 398 g/mol. The largest absolute Gasteiger partial charge is 0.459 e. The predicted octanol–water partition coefficient (Wildman–Crippen LogP) is -0.332. The number of carbonyl (C=O) groups excluding carboxylic acids is 2. The lowest BCUT2D eigenvalue weighted by molar-refractivity contribution is -0.155. The molecule has 0 saturated carbocycles. The first-order chi connectivity index (χ1) is 13.3. The molecule has 2 rings (SSSR count). The van der Waals surface area contributed by atoms with Gasteiger partial charge in [0, 0.05) is 37.8 Å². The van der Waals surface area contributed by atoms with Crippen molar-refractivity contribution in [1.82, 2.24) is 9.55 Å². The van der Waals surface area contributed by atoms with E-state index in [4.69, 9.17) is 14.2 Å². The molecule has 2 N–H and O–H groups in total. The van der Waals surface area contributed by atoms with Crippen LogP contribution in [-0.4, -0.2) is 58.9 Å². The Hall–Kier alpha value is -2.30. The number of methoxy groups -OCH3 is 1. The smallest absolute Gasteiger partial charge is 0.330 e. The lowest BCUT2D eigenvalue weighted by Crippen LogP contribution is -2.38. The molecule has 0 aromatic carbocycles. The Balaban J connectivity index is 2.32. The van der Waals surface area contributed by atoms with E-state index in [0.717, 1.165) is 0 Å². The van der Waals surface area contributed by atoms with Crippen molar-refractivity contribution in [1.29, 1.82) is 0 Å². The van der Waals surface area contributed by atoms with Crippen molar-refractivity contribution in [3.63, 3.8) is 0 Å². The lowest BCUT2D eigenvalue weighted by Gasteiger charge is -2.24. The van der Waals surface area contributed by atoms with Crippen molar-refractivity contribution in [2.45, 2.75) is 51.5 Å². The Bertz CT molecular complexity index is 815. The summed E-state index contributed by atoms with van der Waals surface area (Å²) >= 11 is 0. The van der Waals surface area contributed by atoms with E-state index in [1.54, 1.807) is 6.92 Å². The molecule has 4 atom stereocenters. The topological polar surface area (TPSA) is 137 Å². The van der Waals surface area contributed by atoms with Gasteiger partial charge >= 0.3 is 11.7 Å². The van der Waals surface area contributed by atoms with Crippen LogP contribution in [0, 0.1) is 12.8 Å². The zero-order valence-electron chi connectivity index (χ0n) is 16.2. The van der Waals surface area contributed by atoms with Crippen LogP contribution in [0.4, 0.5) is 0 Å². The number of hydrogen-bond donors (Lipinski definition) is 2. The highest BCUT2D eigenvalue weighted by atomic mass is 16.6. The number of aliphatic hydroxyl groups excluding tert-OH is 1. The van der Waals surface area contributed by atoms with Crippen molar-refractivity contribution < 1.29 is 28.9 Å². The number of esters is 1. The highest BCUT2D eigenvalue weighted by Crippen LogP contribution is 2.38. The molecule has 1 aliphatic heterocycles. The van der Waals surface area contributed by atoms with E-state index in [0.29, 0.717) is 18.6 Å². The van der Waals surface area contributed by atoms with Crippen molar-refractivity contribution >= 4 is 11.8 Å². The number of aromatic amines is 1. The highest BCUT2D eigenvalue weighted by Gasteiger charge is 2.47.